The molecule has 33 heavy (non-hydrogen) atoms. The number of rotatable bonds is 6. The van der Waals surface area contributed by atoms with E-state index >= 15 is 0 Å². The van der Waals surface area contributed by atoms with Crippen LogP contribution in [0.4, 0.5) is 0 Å². The topological polar surface area (TPSA) is 90.9 Å². The predicted octanol–water partition coefficient (Wildman–Crippen LogP) is 5.13. The van der Waals surface area contributed by atoms with Gasteiger partial charge in [-0.3, -0.25) is 0 Å². The fourth-order valence-corrected chi connectivity index (χ4v) is 5.80. The van der Waals surface area contributed by atoms with E-state index in [2.05, 4.69) is 30.2 Å². The van der Waals surface area contributed by atoms with Crippen LogP contribution in [0.2, 0.25) is 5.28 Å². The number of nitrogens with zero attached hydrogens (tertiary/aromatic N) is 6. The minimum Gasteiger partial charge on any atom is -0.457 e. The van der Waals surface area contributed by atoms with Crippen molar-refractivity contribution in [3.8, 4) is 6.01 Å². The van der Waals surface area contributed by atoms with Crippen LogP contribution in [0, 0.1) is 0 Å². The maximum absolute atomic E-state index is 9.90. The summed E-state index contributed by atoms with van der Waals surface area (Å²) >= 11 is 6.11. The molecule has 2 aliphatic rings. The number of hydrogen-bond donors (Lipinski definition) is 1. The Balaban J connectivity index is 1.33. The zero-order valence-corrected chi connectivity index (χ0v) is 19.2. The fraction of sp³-hybridized carbons (Fsp3) is 0.500. The number of hydrogen-bond acceptors (Lipinski definition) is 6. The molecule has 172 valence electrons. The van der Waals surface area contributed by atoms with Gasteiger partial charge >= 0.3 is 6.01 Å². The second-order valence-electron chi connectivity index (χ2n) is 9.18. The largest absolute Gasteiger partial charge is 0.457 e. The van der Waals surface area contributed by atoms with Crippen molar-refractivity contribution < 1.29 is 9.84 Å². The van der Waals surface area contributed by atoms with E-state index < -0.39 is 0 Å². The van der Waals surface area contributed by atoms with Crippen molar-refractivity contribution in [1.82, 2.24) is 29.1 Å². The van der Waals surface area contributed by atoms with Gasteiger partial charge in [0.1, 0.15) is 17.9 Å². The van der Waals surface area contributed by atoms with Crippen molar-refractivity contribution in [2.24, 2.45) is 0 Å². The van der Waals surface area contributed by atoms with Gasteiger partial charge in [-0.25, -0.2) is 9.97 Å². The highest BCUT2D eigenvalue weighted by atomic mass is 35.5. The van der Waals surface area contributed by atoms with Crippen LogP contribution in [-0.2, 0) is 13.2 Å². The third-order valence-electron chi connectivity index (χ3n) is 7.15. The summed E-state index contributed by atoms with van der Waals surface area (Å²) in [5.41, 5.74) is 3.61. The number of halogens is 1. The highest BCUT2D eigenvalue weighted by molar-refractivity contribution is 6.28. The molecule has 0 atom stereocenters. The van der Waals surface area contributed by atoms with Gasteiger partial charge in [0.2, 0.25) is 5.28 Å². The van der Waals surface area contributed by atoms with Crippen molar-refractivity contribution in [1.29, 1.82) is 0 Å². The van der Waals surface area contributed by atoms with Gasteiger partial charge < -0.3 is 19.0 Å². The maximum atomic E-state index is 9.90. The van der Waals surface area contributed by atoms with E-state index in [0.29, 0.717) is 24.7 Å². The van der Waals surface area contributed by atoms with E-state index in [9.17, 15) is 5.11 Å². The number of aliphatic hydroxyl groups is 1. The van der Waals surface area contributed by atoms with Crippen molar-refractivity contribution in [2.45, 2.75) is 76.7 Å². The lowest BCUT2D eigenvalue weighted by molar-refractivity contribution is 0.264. The molecule has 0 unspecified atom stereocenters. The summed E-state index contributed by atoms with van der Waals surface area (Å²) < 4.78 is 10.6. The zero-order valence-electron chi connectivity index (χ0n) is 18.5. The van der Waals surface area contributed by atoms with Gasteiger partial charge in [-0.05, 0) is 49.4 Å². The number of aliphatic hydroxyl groups excluding tert-OH is 1. The van der Waals surface area contributed by atoms with Crippen LogP contribution in [0.3, 0.4) is 0 Å². The Morgan fingerprint density at radius 2 is 1.42 bits per heavy atom. The summed E-state index contributed by atoms with van der Waals surface area (Å²) in [5, 5.41) is 12.1. The summed E-state index contributed by atoms with van der Waals surface area (Å²) in [4.78, 5) is 17.9. The zero-order chi connectivity index (χ0) is 22.4. The average Bonchev–Trinajstić information content (AvgIpc) is 3.62. The highest BCUT2D eigenvalue weighted by Gasteiger charge is 2.25. The van der Waals surface area contributed by atoms with Crippen molar-refractivity contribution >= 4 is 33.7 Å². The lowest BCUT2D eigenvalue weighted by atomic mass is 10.2. The molecular formula is C24H27ClN6O2. The first-order valence-electron chi connectivity index (χ1n) is 11.8. The average molecular weight is 467 g/mol. The Kier molecular flexibility index (Phi) is 5.42. The Hall–Kier alpha value is -2.71. The van der Waals surface area contributed by atoms with Crippen LogP contribution >= 0.6 is 11.6 Å². The van der Waals surface area contributed by atoms with Gasteiger partial charge in [0.05, 0.1) is 12.3 Å². The fourth-order valence-electron chi connectivity index (χ4n) is 5.67. The molecule has 6 rings (SSSR count). The lowest BCUT2D eigenvalue weighted by Crippen LogP contribution is -2.12. The maximum Gasteiger partial charge on any atom is 0.318 e. The highest BCUT2D eigenvalue weighted by Crippen LogP contribution is 2.36. The monoisotopic (exact) mass is 466 g/mol. The van der Waals surface area contributed by atoms with E-state index in [0.717, 1.165) is 59.1 Å². The van der Waals surface area contributed by atoms with Gasteiger partial charge in [0.25, 0.3) is 0 Å². The van der Waals surface area contributed by atoms with Gasteiger partial charge in [-0.1, -0.05) is 25.7 Å². The summed E-state index contributed by atoms with van der Waals surface area (Å²) in [6.07, 6.45) is 12.9. The SMILES string of the molecule is OCc1cc2cnc(OCc3cc4cnc(Cl)nc4n3C3CCCC3)nc2n1C1CCCC1. The normalized spacial score (nSPS) is 17.6. The number of aromatic nitrogens is 6. The molecule has 8 nitrogen and oxygen atoms in total. The first-order valence-corrected chi connectivity index (χ1v) is 12.2. The molecule has 4 heterocycles. The van der Waals surface area contributed by atoms with Crippen LogP contribution in [0.1, 0.15) is 74.8 Å². The van der Waals surface area contributed by atoms with Crippen LogP contribution < -0.4 is 4.74 Å². The lowest BCUT2D eigenvalue weighted by Gasteiger charge is -2.18. The molecular weight excluding hydrogens is 440 g/mol. The second kappa shape index (κ2) is 8.57. The van der Waals surface area contributed by atoms with Crippen LogP contribution in [0.25, 0.3) is 22.1 Å². The molecule has 4 aromatic heterocycles. The second-order valence-corrected chi connectivity index (χ2v) is 9.52. The van der Waals surface area contributed by atoms with Crippen molar-refractivity contribution in [3.63, 3.8) is 0 Å². The summed E-state index contributed by atoms with van der Waals surface area (Å²) in [6, 6.07) is 5.17. The summed E-state index contributed by atoms with van der Waals surface area (Å²) in [5.74, 6) is 0. The van der Waals surface area contributed by atoms with Crippen LogP contribution in [-0.4, -0.2) is 34.2 Å². The Morgan fingerprint density at radius 3 is 2.09 bits per heavy atom. The first-order chi connectivity index (χ1) is 16.2. The smallest absolute Gasteiger partial charge is 0.318 e. The molecule has 2 aliphatic carbocycles. The molecule has 0 aliphatic heterocycles. The van der Waals surface area contributed by atoms with Gasteiger partial charge in [-0.2, -0.15) is 9.97 Å². The van der Waals surface area contributed by atoms with Crippen molar-refractivity contribution in [2.75, 3.05) is 0 Å². The summed E-state index contributed by atoms with van der Waals surface area (Å²) in [7, 11) is 0. The van der Waals surface area contributed by atoms with E-state index in [1.165, 1.54) is 25.7 Å². The van der Waals surface area contributed by atoms with Crippen LogP contribution in [0.5, 0.6) is 6.01 Å². The Labute approximate surface area is 196 Å². The molecule has 0 bridgehead atoms. The van der Waals surface area contributed by atoms with E-state index in [1.807, 2.05) is 6.07 Å². The predicted molar refractivity (Wildman–Crippen MR) is 125 cm³/mol. The van der Waals surface area contributed by atoms with Gasteiger partial charge in [-0.15, -0.1) is 0 Å². The molecule has 0 spiro atoms. The molecule has 1 N–H and O–H groups in total. The number of fused-ring (bicyclic) bond motifs is 2. The Morgan fingerprint density at radius 1 is 0.848 bits per heavy atom. The molecule has 2 saturated carbocycles. The minimum atomic E-state index is -0.00581. The van der Waals surface area contributed by atoms with Gasteiger partial charge in [0.15, 0.2) is 0 Å². The summed E-state index contributed by atoms with van der Waals surface area (Å²) in [6.45, 7) is 0.334. The third kappa shape index (κ3) is 3.75. The van der Waals surface area contributed by atoms with Crippen LogP contribution in [0.15, 0.2) is 24.5 Å². The molecule has 0 amide bonds. The third-order valence-corrected chi connectivity index (χ3v) is 7.33. The molecule has 9 heteroatoms. The number of ether oxygens (including phenoxy) is 1. The first kappa shape index (κ1) is 20.9. The van der Waals surface area contributed by atoms with E-state index in [1.54, 1.807) is 12.4 Å². The van der Waals surface area contributed by atoms with Gasteiger partial charge in [0, 0.05) is 40.9 Å². The quantitative estimate of drug-likeness (QED) is 0.396. The minimum absolute atomic E-state index is 0.00581. The molecule has 0 saturated heterocycles. The Bertz CT molecular complexity index is 1300. The molecule has 0 aromatic carbocycles. The molecule has 0 radical (unpaired) electrons. The van der Waals surface area contributed by atoms with E-state index in [-0.39, 0.29) is 11.9 Å². The standard InChI is InChI=1S/C24H27ClN6O2/c25-23-26-11-16-10-20(31(21(16)28-23)18-7-3-4-8-18)14-33-24-27-12-15-9-19(13-32)30(22(15)29-24)17-5-1-2-6-17/h9-12,17-18,32H,1-8,13-14H2. The van der Waals surface area contributed by atoms with Crippen molar-refractivity contribution in [3.05, 3.63) is 41.2 Å². The molecule has 2 fully saturated rings. The van der Waals surface area contributed by atoms with E-state index in [4.69, 9.17) is 21.3 Å². The molecule has 4 aromatic rings.